The van der Waals surface area contributed by atoms with E-state index in [2.05, 4.69) is 41.0 Å². The van der Waals surface area contributed by atoms with Gasteiger partial charge in [0.2, 0.25) is 11.9 Å². The van der Waals surface area contributed by atoms with Gasteiger partial charge in [0.05, 0.1) is 6.61 Å². The summed E-state index contributed by atoms with van der Waals surface area (Å²) in [5.41, 5.74) is -0.0195. The van der Waals surface area contributed by atoms with Gasteiger partial charge in [-0.1, -0.05) is 13.8 Å². The van der Waals surface area contributed by atoms with Crippen LogP contribution in [0.4, 0.5) is 11.9 Å². The highest BCUT2D eigenvalue weighted by Crippen LogP contribution is 2.23. The van der Waals surface area contributed by atoms with Crippen molar-refractivity contribution >= 4 is 11.9 Å². The fourth-order valence-electron chi connectivity index (χ4n) is 1.37. The third-order valence-electron chi connectivity index (χ3n) is 3.34. The van der Waals surface area contributed by atoms with Crippen molar-refractivity contribution in [1.29, 1.82) is 0 Å². The van der Waals surface area contributed by atoms with Crippen LogP contribution in [0.1, 0.15) is 40.5 Å². The Morgan fingerprint density at radius 1 is 1.21 bits per heavy atom. The number of nitrogens with one attached hydrogen (secondary N) is 1. The Bertz CT molecular complexity index is 408. The van der Waals surface area contributed by atoms with Crippen LogP contribution in [0.3, 0.4) is 0 Å². The van der Waals surface area contributed by atoms with Crippen LogP contribution >= 0.6 is 0 Å². The molecule has 6 heteroatoms. The van der Waals surface area contributed by atoms with E-state index in [0.29, 0.717) is 24.5 Å². The Labute approximate surface area is 115 Å². The van der Waals surface area contributed by atoms with Gasteiger partial charge >= 0.3 is 6.01 Å². The van der Waals surface area contributed by atoms with Gasteiger partial charge in [-0.2, -0.15) is 15.0 Å². The van der Waals surface area contributed by atoms with Crippen LogP contribution in [0, 0.1) is 0 Å². The van der Waals surface area contributed by atoms with Gasteiger partial charge in [-0.15, -0.1) is 0 Å². The quantitative estimate of drug-likeness (QED) is 0.818. The molecular formula is C13H25N5O. The van der Waals surface area contributed by atoms with Gasteiger partial charge in [0.15, 0.2) is 0 Å². The lowest BCUT2D eigenvalue weighted by Crippen LogP contribution is -2.41. The van der Waals surface area contributed by atoms with Crippen molar-refractivity contribution in [3.05, 3.63) is 0 Å². The molecule has 1 rings (SSSR count). The number of anilines is 2. The number of rotatable bonds is 7. The van der Waals surface area contributed by atoms with Crippen LogP contribution in [0.15, 0.2) is 0 Å². The number of ether oxygens (including phenoxy) is 1. The van der Waals surface area contributed by atoms with E-state index in [1.165, 1.54) is 0 Å². The van der Waals surface area contributed by atoms with Crippen LogP contribution in [0.2, 0.25) is 0 Å². The molecule has 0 fully saturated rings. The standard InChI is InChI=1S/C13H25N5O/c1-7-9-19-12-16-10(14-5)15-11(17-12)18(6)13(3,4)8-2/h7-9H2,1-6H3,(H,14,15,16,17). The van der Waals surface area contributed by atoms with Crippen molar-refractivity contribution in [3.63, 3.8) is 0 Å². The Balaban J connectivity index is 3.05. The van der Waals surface area contributed by atoms with Crippen LogP contribution in [-0.2, 0) is 0 Å². The Kier molecular flexibility index (Phi) is 5.32. The molecule has 108 valence electrons. The van der Waals surface area contributed by atoms with E-state index in [-0.39, 0.29) is 5.54 Å². The fraction of sp³-hybridized carbons (Fsp3) is 0.769. The van der Waals surface area contributed by atoms with E-state index < -0.39 is 0 Å². The zero-order valence-corrected chi connectivity index (χ0v) is 12.8. The highest BCUT2D eigenvalue weighted by Gasteiger charge is 2.24. The van der Waals surface area contributed by atoms with Crippen molar-refractivity contribution in [2.75, 3.05) is 30.9 Å². The summed E-state index contributed by atoms with van der Waals surface area (Å²) in [5, 5.41) is 2.94. The topological polar surface area (TPSA) is 63.2 Å². The normalized spacial score (nSPS) is 11.3. The van der Waals surface area contributed by atoms with Crippen molar-refractivity contribution in [3.8, 4) is 6.01 Å². The zero-order valence-electron chi connectivity index (χ0n) is 12.8. The molecular weight excluding hydrogens is 242 g/mol. The van der Waals surface area contributed by atoms with Gasteiger partial charge in [0.1, 0.15) is 0 Å². The van der Waals surface area contributed by atoms with Gasteiger partial charge in [-0.25, -0.2) is 0 Å². The average Bonchev–Trinajstić information content (AvgIpc) is 2.43. The molecule has 0 bridgehead atoms. The van der Waals surface area contributed by atoms with E-state index in [9.17, 15) is 0 Å². The van der Waals surface area contributed by atoms with Crippen LogP contribution in [0.25, 0.3) is 0 Å². The highest BCUT2D eigenvalue weighted by molar-refractivity contribution is 5.39. The number of aromatic nitrogens is 3. The van der Waals surface area contributed by atoms with Gasteiger partial charge in [-0.05, 0) is 26.7 Å². The molecule has 0 saturated carbocycles. The molecule has 1 aromatic heterocycles. The van der Waals surface area contributed by atoms with E-state index in [1.807, 2.05) is 18.9 Å². The first-order chi connectivity index (χ1) is 8.94. The first kappa shape index (κ1) is 15.5. The minimum atomic E-state index is -0.0195. The predicted octanol–water partition coefficient (Wildman–Crippen LogP) is 2.33. The average molecular weight is 267 g/mol. The predicted molar refractivity (Wildman–Crippen MR) is 77.9 cm³/mol. The third kappa shape index (κ3) is 3.94. The summed E-state index contributed by atoms with van der Waals surface area (Å²) >= 11 is 0. The second-order valence-corrected chi connectivity index (χ2v) is 5.07. The van der Waals surface area contributed by atoms with Crippen molar-refractivity contribution in [2.45, 2.75) is 46.1 Å². The number of hydrogen-bond acceptors (Lipinski definition) is 6. The largest absolute Gasteiger partial charge is 0.463 e. The molecule has 0 aliphatic rings. The van der Waals surface area contributed by atoms with Crippen molar-refractivity contribution in [2.24, 2.45) is 0 Å². The van der Waals surface area contributed by atoms with Gasteiger partial charge in [0.25, 0.3) is 0 Å². The Hall–Kier alpha value is -1.59. The monoisotopic (exact) mass is 267 g/mol. The summed E-state index contributed by atoms with van der Waals surface area (Å²) in [4.78, 5) is 15.0. The lowest BCUT2D eigenvalue weighted by Gasteiger charge is -2.34. The van der Waals surface area contributed by atoms with E-state index in [1.54, 1.807) is 7.05 Å². The van der Waals surface area contributed by atoms with Gasteiger partial charge in [0, 0.05) is 19.6 Å². The highest BCUT2D eigenvalue weighted by atomic mass is 16.5. The lowest BCUT2D eigenvalue weighted by molar-refractivity contribution is 0.291. The molecule has 0 amide bonds. The summed E-state index contributed by atoms with van der Waals surface area (Å²) < 4.78 is 5.51. The van der Waals surface area contributed by atoms with E-state index in [4.69, 9.17) is 4.74 Å². The molecule has 0 unspecified atom stereocenters. The molecule has 19 heavy (non-hydrogen) atoms. The van der Waals surface area contributed by atoms with Crippen molar-refractivity contribution < 1.29 is 4.74 Å². The molecule has 0 aromatic carbocycles. The number of hydrogen-bond donors (Lipinski definition) is 1. The molecule has 0 atom stereocenters. The summed E-state index contributed by atoms with van der Waals surface area (Å²) in [6, 6.07) is 0.370. The van der Waals surface area contributed by atoms with Crippen LogP contribution in [0.5, 0.6) is 6.01 Å². The van der Waals surface area contributed by atoms with Crippen LogP contribution < -0.4 is 15.0 Å². The fourth-order valence-corrected chi connectivity index (χ4v) is 1.37. The maximum absolute atomic E-state index is 5.51. The molecule has 0 saturated heterocycles. The minimum absolute atomic E-state index is 0.0195. The third-order valence-corrected chi connectivity index (χ3v) is 3.34. The Morgan fingerprint density at radius 3 is 2.42 bits per heavy atom. The van der Waals surface area contributed by atoms with Gasteiger partial charge < -0.3 is 15.0 Å². The molecule has 0 aliphatic carbocycles. The minimum Gasteiger partial charge on any atom is -0.463 e. The van der Waals surface area contributed by atoms with Gasteiger partial charge in [-0.3, -0.25) is 0 Å². The lowest BCUT2D eigenvalue weighted by atomic mass is 10.0. The maximum Gasteiger partial charge on any atom is 0.323 e. The van der Waals surface area contributed by atoms with Crippen molar-refractivity contribution in [1.82, 2.24) is 15.0 Å². The Morgan fingerprint density at radius 2 is 1.89 bits per heavy atom. The smallest absolute Gasteiger partial charge is 0.323 e. The molecule has 0 spiro atoms. The molecule has 0 aliphatic heterocycles. The van der Waals surface area contributed by atoms with Crippen LogP contribution in [-0.4, -0.2) is 41.2 Å². The summed E-state index contributed by atoms with van der Waals surface area (Å²) in [6.45, 7) is 9.11. The molecule has 1 heterocycles. The summed E-state index contributed by atoms with van der Waals surface area (Å²) in [5.74, 6) is 1.15. The number of nitrogens with zero attached hydrogens (tertiary/aromatic N) is 4. The molecule has 1 aromatic rings. The zero-order chi connectivity index (χ0) is 14.5. The van der Waals surface area contributed by atoms with E-state index >= 15 is 0 Å². The molecule has 6 nitrogen and oxygen atoms in total. The maximum atomic E-state index is 5.51. The SMILES string of the molecule is CCCOc1nc(NC)nc(N(C)C(C)(C)CC)n1. The second-order valence-electron chi connectivity index (χ2n) is 5.07. The molecule has 1 N–H and O–H groups in total. The van der Waals surface area contributed by atoms with E-state index in [0.717, 1.165) is 12.8 Å². The summed E-state index contributed by atoms with van der Waals surface area (Å²) in [6.07, 6.45) is 1.92. The first-order valence-corrected chi connectivity index (χ1v) is 6.75. The molecule has 0 radical (unpaired) electrons. The first-order valence-electron chi connectivity index (χ1n) is 6.75. The summed E-state index contributed by atoms with van der Waals surface area (Å²) in [7, 11) is 3.77. The second kappa shape index (κ2) is 6.54.